The Morgan fingerprint density at radius 3 is 3.00 bits per heavy atom. The van der Waals surface area contributed by atoms with E-state index in [4.69, 9.17) is 9.15 Å². The van der Waals surface area contributed by atoms with E-state index in [0.29, 0.717) is 13.0 Å². The van der Waals surface area contributed by atoms with E-state index in [1.807, 2.05) is 32.0 Å². The summed E-state index contributed by atoms with van der Waals surface area (Å²) in [4.78, 5) is 11.9. The fourth-order valence-corrected chi connectivity index (χ4v) is 2.12. The van der Waals surface area contributed by atoms with E-state index in [1.165, 1.54) is 0 Å². The molecule has 19 heavy (non-hydrogen) atoms. The molecule has 1 aromatic heterocycles. The molecule has 2 rings (SSSR count). The predicted octanol–water partition coefficient (Wildman–Crippen LogP) is 2.43. The van der Waals surface area contributed by atoms with Crippen LogP contribution in [0, 0.1) is 6.92 Å². The fraction of sp³-hybridized carbons (Fsp3) is 0.400. The first-order valence-corrected chi connectivity index (χ1v) is 6.35. The summed E-state index contributed by atoms with van der Waals surface area (Å²) in [6, 6.07) is 6.00. The number of rotatable bonds is 5. The maximum atomic E-state index is 11.9. The molecule has 0 saturated heterocycles. The Bertz CT molecular complexity index is 574. The first-order chi connectivity index (χ1) is 9.10. The van der Waals surface area contributed by atoms with Gasteiger partial charge in [0.2, 0.25) is 5.91 Å². The molecule has 102 valence electrons. The Labute approximate surface area is 112 Å². The molecular formula is C15H19NO3. The monoisotopic (exact) mass is 261 g/mol. The Balaban J connectivity index is 2.07. The normalized spacial score (nSPS) is 12.6. The molecule has 1 aromatic carbocycles. The molecule has 4 nitrogen and oxygen atoms in total. The summed E-state index contributed by atoms with van der Waals surface area (Å²) < 4.78 is 10.5. The highest BCUT2D eigenvalue weighted by Crippen LogP contribution is 2.22. The Hall–Kier alpha value is -1.81. The van der Waals surface area contributed by atoms with Gasteiger partial charge in [-0.1, -0.05) is 12.1 Å². The summed E-state index contributed by atoms with van der Waals surface area (Å²) in [6.45, 7) is 4.44. The maximum absolute atomic E-state index is 11.9. The van der Waals surface area contributed by atoms with Crippen LogP contribution < -0.4 is 5.32 Å². The number of hydrogen-bond acceptors (Lipinski definition) is 3. The summed E-state index contributed by atoms with van der Waals surface area (Å²) in [5.74, 6) is -0.0205. The van der Waals surface area contributed by atoms with E-state index < -0.39 is 0 Å². The minimum Gasteiger partial charge on any atom is -0.464 e. The number of methoxy groups -OCH3 is 1. The second-order valence-electron chi connectivity index (χ2n) is 4.86. The highest BCUT2D eigenvalue weighted by atomic mass is 16.5. The first-order valence-electron chi connectivity index (χ1n) is 6.35. The van der Waals surface area contributed by atoms with Crippen LogP contribution in [-0.2, 0) is 16.0 Å². The maximum Gasteiger partial charge on any atom is 0.224 e. The van der Waals surface area contributed by atoms with Crippen molar-refractivity contribution >= 4 is 16.9 Å². The summed E-state index contributed by atoms with van der Waals surface area (Å²) >= 11 is 0. The molecule has 1 atom stereocenters. The summed E-state index contributed by atoms with van der Waals surface area (Å²) in [5, 5.41) is 3.89. The number of aryl methyl sites for hydroxylation is 1. The van der Waals surface area contributed by atoms with Gasteiger partial charge in [0.25, 0.3) is 0 Å². The van der Waals surface area contributed by atoms with Crippen molar-refractivity contribution in [3.8, 4) is 0 Å². The van der Waals surface area contributed by atoms with Crippen LogP contribution in [0.1, 0.15) is 18.1 Å². The topological polar surface area (TPSA) is 51.5 Å². The van der Waals surface area contributed by atoms with Crippen LogP contribution in [0.5, 0.6) is 0 Å². The van der Waals surface area contributed by atoms with E-state index in [-0.39, 0.29) is 11.9 Å². The van der Waals surface area contributed by atoms with Gasteiger partial charge in [-0.25, -0.2) is 0 Å². The fourth-order valence-electron chi connectivity index (χ4n) is 2.12. The zero-order valence-electron chi connectivity index (χ0n) is 11.5. The van der Waals surface area contributed by atoms with Gasteiger partial charge in [0.05, 0.1) is 19.3 Å². The lowest BCUT2D eigenvalue weighted by molar-refractivity contribution is -0.121. The van der Waals surface area contributed by atoms with Crippen LogP contribution in [0.2, 0.25) is 0 Å². The number of furan rings is 1. The van der Waals surface area contributed by atoms with Gasteiger partial charge < -0.3 is 14.5 Å². The molecule has 1 N–H and O–H groups in total. The van der Waals surface area contributed by atoms with Crippen molar-refractivity contribution in [3.63, 3.8) is 0 Å². The van der Waals surface area contributed by atoms with Gasteiger partial charge in [0.1, 0.15) is 5.58 Å². The molecule has 0 bridgehead atoms. The van der Waals surface area contributed by atoms with Gasteiger partial charge in [-0.05, 0) is 25.5 Å². The van der Waals surface area contributed by atoms with Gasteiger partial charge in [-0.2, -0.15) is 0 Å². The zero-order valence-corrected chi connectivity index (χ0v) is 11.5. The van der Waals surface area contributed by atoms with Gasteiger partial charge in [0, 0.05) is 24.1 Å². The highest BCUT2D eigenvalue weighted by molar-refractivity contribution is 5.88. The lowest BCUT2D eigenvalue weighted by Crippen LogP contribution is -2.36. The second-order valence-corrected chi connectivity index (χ2v) is 4.86. The number of amides is 1. The van der Waals surface area contributed by atoms with E-state index in [9.17, 15) is 4.79 Å². The van der Waals surface area contributed by atoms with Crippen LogP contribution in [0.15, 0.2) is 28.9 Å². The van der Waals surface area contributed by atoms with Crippen LogP contribution in [0.25, 0.3) is 11.0 Å². The van der Waals surface area contributed by atoms with E-state index in [2.05, 4.69) is 5.32 Å². The quantitative estimate of drug-likeness (QED) is 0.899. The highest BCUT2D eigenvalue weighted by Gasteiger charge is 2.12. The van der Waals surface area contributed by atoms with Crippen LogP contribution in [0.3, 0.4) is 0 Å². The van der Waals surface area contributed by atoms with Crippen molar-refractivity contribution in [2.45, 2.75) is 26.3 Å². The number of hydrogen-bond donors (Lipinski definition) is 1. The van der Waals surface area contributed by atoms with Crippen LogP contribution in [-0.4, -0.2) is 25.7 Å². The minimum atomic E-state index is -0.0205. The largest absolute Gasteiger partial charge is 0.464 e. The predicted molar refractivity (Wildman–Crippen MR) is 74.1 cm³/mol. The molecule has 0 aliphatic heterocycles. The minimum absolute atomic E-state index is 0.0120. The van der Waals surface area contributed by atoms with Crippen molar-refractivity contribution in [2.75, 3.05) is 13.7 Å². The van der Waals surface area contributed by atoms with E-state index >= 15 is 0 Å². The Morgan fingerprint density at radius 2 is 2.26 bits per heavy atom. The SMILES string of the molecule is COCC(C)NC(=O)Cc1coc2cc(C)ccc12. The second kappa shape index (κ2) is 5.89. The van der Waals surface area contributed by atoms with Crippen molar-refractivity contribution < 1.29 is 13.9 Å². The number of nitrogens with one attached hydrogen (secondary N) is 1. The summed E-state index contributed by atoms with van der Waals surface area (Å²) in [6.07, 6.45) is 1.98. The van der Waals surface area contributed by atoms with Gasteiger partial charge in [-0.3, -0.25) is 4.79 Å². The average Bonchev–Trinajstić information content (AvgIpc) is 2.71. The van der Waals surface area contributed by atoms with Crippen LogP contribution >= 0.6 is 0 Å². The molecule has 0 saturated carbocycles. The summed E-state index contributed by atoms with van der Waals surface area (Å²) in [7, 11) is 1.62. The van der Waals surface area contributed by atoms with E-state index in [1.54, 1.807) is 13.4 Å². The van der Waals surface area contributed by atoms with Gasteiger partial charge in [-0.15, -0.1) is 0 Å². The smallest absolute Gasteiger partial charge is 0.224 e. The number of benzene rings is 1. The zero-order chi connectivity index (χ0) is 13.8. The molecule has 2 aromatic rings. The molecule has 0 spiro atoms. The number of ether oxygens (including phenoxy) is 1. The van der Waals surface area contributed by atoms with Crippen molar-refractivity contribution in [3.05, 3.63) is 35.6 Å². The number of carbonyl (C=O) groups excluding carboxylic acids is 1. The van der Waals surface area contributed by atoms with Crippen molar-refractivity contribution in [1.82, 2.24) is 5.32 Å². The van der Waals surface area contributed by atoms with Crippen LogP contribution in [0.4, 0.5) is 0 Å². The molecule has 0 fully saturated rings. The Kier molecular flexibility index (Phi) is 4.22. The third kappa shape index (κ3) is 3.35. The molecular weight excluding hydrogens is 242 g/mol. The molecule has 0 aliphatic rings. The first kappa shape index (κ1) is 13.6. The standard InChI is InChI=1S/C15H19NO3/c1-10-4-5-13-12(9-19-14(13)6-10)7-15(17)16-11(2)8-18-3/h4-6,9,11H,7-8H2,1-3H3,(H,16,17). The lowest BCUT2D eigenvalue weighted by Gasteiger charge is -2.12. The molecule has 1 heterocycles. The van der Waals surface area contributed by atoms with Crippen molar-refractivity contribution in [2.24, 2.45) is 0 Å². The van der Waals surface area contributed by atoms with E-state index in [0.717, 1.165) is 22.1 Å². The molecule has 0 radical (unpaired) electrons. The number of fused-ring (bicyclic) bond motifs is 1. The third-order valence-electron chi connectivity index (χ3n) is 2.99. The molecule has 0 aliphatic carbocycles. The average molecular weight is 261 g/mol. The van der Waals surface area contributed by atoms with Gasteiger partial charge >= 0.3 is 0 Å². The lowest BCUT2D eigenvalue weighted by atomic mass is 10.1. The molecule has 4 heteroatoms. The van der Waals surface area contributed by atoms with Crippen molar-refractivity contribution in [1.29, 1.82) is 0 Å². The molecule has 1 amide bonds. The number of carbonyl (C=O) groups is 1. The van der Waals surface area contributed by atoms with Gasteiger partial charge in [0.15, 0.2) is 0 Å². The molecule has 1 unspecified atom stereocenters. The summed E-state index contributed by atoms with van der Waals surface area (Å²) in [5.41, 5.74) is 2.89. The third-order valence-corrected chi connectivity index (χ3v) is 2.99. The Morgan fingerprint density at radius 1 is 1.47 bits per heavy atom.